The van der Waals surface area contributed by atoms with Crippen LogP contribution in [0, 0.1) is 6.92 Å². The van der Waals surface area contributed by atoms with Gasteiger partial charge in [0.15, 0.2) is 0 Å². The monoisotopic (exact) mass is 517 g/mol. The van der Waals surface area contributed by atoms with Crippen molar-refractivity contribution < 1.29 is 32.0 Å². The minimum atomic E-state index is -4.81. The molecule has 3 aromatic carbocycles. The highest BCUT2D eigenvalue weighted by Crippen LogP contribution is 2.39. The first-order valence-corrected chi connectivity index (χ1v) is 12.6. The van der Waals surface area contributed by atoms with Gasteiger partial charge in [-0.25, -0.2) is 4.79 Å². The number of carbonyl (C=O) groups is 1. The van der Waals surface area contributed by atoms with E-state index in [1.165, 1.54) is 19.1 Å². The van der Waals surface area contributed by atoms with Gasteiger partial charge in [-0.1, -0.05) is 66.3 Å². The van der Waals surface area contributed by atoms with Crippen LogP contribution in [0.1, 0.15) is 52.4 Å². The van der Waals surface area contributed by atoms with Crippen LogP contribution >= 0.6 is 0 Å². The number of hydrogen-bond donors (Lipinski definition) is 0. The summed E-state index contributed by atoms with van der Waals surface area (Å²) in [5.74, 6) is -0.651. The molecule has 190 valence electrons. The molecule has 36 heavy (non-hydrogen) atoms. The molecule has 0 aromatic heterocycles. The molecule has 0 amide bonds. The van der Waals surface area contributed by atoms with Gasteiger partial charge in [0.25, 0.3) is 0 Å². The second kappa shape index (κ2) is 12.6. The predicted octanol–water partition coefficient (Wildman–Crippen LogP) is 6.69. The number of nitrogens with zero attached hydrogens (tertiary/aromatic N) is 1. The van der Waals surface area contributed by atoms with Crippen molar-refractivity contribution in [2.75, 3.05) is 5.75 Å². The highest BCUT2D eigenvalue weighted by Gasteiger charge is 2.38. The fourth-order valence-electron chi connectivity index (χ4n) is 3.48. The van der Waals surface area contributed by atoms with Crippen LogP contribution in [-0.2, 0) is 24.1 Å². The molecule has 0 saturated heterocycles. The largest absolute Gasteiger partial charge is 0.591 e. The van der Waals surface area contributed by atoms with Crippen LogP contribution in [0.15, 0.2) is 71.1 Å². The normalized spacial score (nSPS) is 12.5. The van der Waals surface area contributed by atoms with Gasteiger partial charge in [0.1, 0.15) is 29.4 Å². The van der Waals surface area contributed by atoms with Gasteiger partial charge in [-0.3, -0.25) is 0 Å². The number of halogens is 3. The molecule has 0 bridgehead atoms. The van der Waals surface area contributed by atoms with Crippen LogP contribution < -0.4 is 9.47 Å². The molecule has 5 nitrogen and oxygen atoms in total. The van der Waals surface area contributed by atoms with E-state index >= 15 is 0 Å². The van der Waals surface area contributed by atoms with Crippen LogP contribution in [0.5, 0.6) is 11.5 Å². The van der Waals surface area contributed by atoms with Gasteiger partial charge in [0.2, 0.25) is 0 Å². The van der Waals surface area contributed by atoms with Crippen LogP contribution in [0.2, 0.25) is 0 Å². The third-order valence-corrected chi connectivity index (χ3v) is 6.21. The quantitative estimate of drug-likeness (QED) is 0.130. The van der Waals surface area contributed by atoms with Gasteiger partial charge in [-0.05, 0) is 42.7 Å². The Bertz CT molecular complexity index is 1190. The summed E-state index contributed by atoms with van der Waals surface area (Å²) in [6.07, 6.45) is -2.46. The summed E-state index contributed by atoms with van der Waals surface area (Å²) in [6, 6.07) is 18.1. The van der Waals surface area contributed by atoms with E-state index in [4.69, 9.17) is 9.47 Å². The molecule has 0 unspecified atom stereocenters. The molecule has 1 atom stereocenters. The number of unbranched alkanes of at least 4 members (excludes halogenated alkanes) is 1. The standard InChI is InChI=1S/C27H26F3NO4S/c1-3-4-15-36(33)31-17-21-16-23(34-18-20-11-7-5-8-12-20)24(19(2)25(21)27(28,29)30)26(32)35-22-13-9-6-10-14-22/h5-14,16-17H,3-4,15,18H2,1-2H3/b31-17-/t36-/m0/s1. The van der Waals surface area contributed by atoms with Gasteiger partial charge in [-0.15, -0.1) is 0 Å². The lowest BCUT2D eigenvalue weighted by molar-refractivity contribution is -0.138. The first kappa shape index (κ1) is 27.3. The minimum absolute atomic E-state index is 0.0102. The second-order valence-corrected chi connectivity index (χ2v) is 9.19. The molecule has 0 N–H and O–H groups in total. The van der Waals surface area contributed by atoms with Crippen molar-refractivity contribution in [3.8, 4) is 11.5 Å². The Labute approximate surface area is 211 Å². The first-order chi connectivity index (χ1) is 17.2. The molecule has 3 aromatic rings. The average molecular weight is 518 g/mol. The number of ether oxygens (including phenoxy) is 2. The summed E-state index contributed by atoms with van der Waals surface area (Å²) < 4.78 is 69.6. The smallest absolute Gasteiger partial charge is 0.417 e. The Balaban J connectivity index is 2.08. The minimum Gasteiger partial charge on any atom is -0.591 e. The molecule has 0 fully saturated rings. The molecule has 0 spiro atoms. The van der Waals surface area contributed by atoms with Crippen LogP contribution in [-0.4, -0.2) is 22.5 Å². The number of alkyl halides is 3. The molecule has 0 saturated carbocycles. The summed E-state index contributed by atoms with van der Waals surface area (Å²) >= 11 is -1.67. The lowest BCUT2D eigenvalue weighted by Crippen LogP contribution is -2.19. The van der Waals surface area contributed by atoms with Crippen LogP contribution in [0.3, 0.4) is 0 Å². The summed E-state index contributed by atoms with van der Waals surface area (Å²) in [5.41, 5.74) is -1.36. The number of benzene rings is 3. The number of carbonyl (C=O) groups excluding carboxylic acids is 1. The highest BCUT2D eigenvalue weighted by molar-refractivity contribution is 7.90. The summed E-state index contributed by atoms with van der Waals surface area (Å²) in [4.78, 5) is 13.1. The zero-order chi connectivity index (χ0) is 26.1. The van der Waals surface area contributed by atoms with E-state index in [-0.39, 0.29) is 40.5 Å². The van der Waals surface area contributed by atoms with Crippen molar-refractivity contribution in [2.24, 2.45) is 4.40 Å². The summed E-state index contributed by atoms with van der Waals surface area (Å²) in [7, 11) is 0. The summed E-state index contributed by atoms with van der Waals surface area (Å²) in [5, 5.41) is 0. The zero-order valence-corrected chi connectivity index (χ0v) is 20.7. The summed E-state index contributed by atoms with van der Waals surface area (Å²) in [6.45, 7) is 3.11. The Morgan fingerprint density at radius 3 is 2.33 bits per heavy atom. The van der Waals surface area contributed by atoms with E-state index in [0.29, 0.717) is 6.42 Å². The molecule has 3 rings (SSSR count). The van der Waals surface area contributed by atoms with Gasteiger partial charge < -0.3 is 14.0 Å². The SMILES string of the molecule is CCCC[S@+]([O-])/N=C\c1cc(OCc2ccccc2)c(C(=O)Oc2ccccc2)c(C)c1C(F)(F)F. The third-order valence-electron chi connectivity index (χ3n) is 5.23. The van der Waals surface area contributed by atoms with Crippen molar-refractivity contribution >= 4 is 23.5 Å². The van der Waals surface area contributed by atoms with Crippen molar-refractivity contribution in [1.82, 2.24) is 0 Å². The van der Waals surface area contributed by atoms with Crippen molar-refractivity contribution in [3.05, 3.63) is 94.5 Å². The van der Waals surface area contributed by atoms with Crippen LogP contribution in [0.25, 0.3) is 0 Å². The van der Waals surface area contributed by atoms with Gasteiger partial charge in [0.05, 0.1) is 23.1 Å². The highest BCUT2D eigenvalue weighted by atomic mass is 32.2. The third kappa shape index (κ3) is 7.35. The van der Waals surface area contributed by atoms with Crippen LogP contribution in [0.4, 0.5) is 13.2 Å². The molecular weight excluding hydrogens is 491 g/mol. The number of para-hydroxylation sites is 1. The van der Waals surface area contributed by atoms with Crippen molar-refractivity contribution in [3.63, 3.8) is 0 Å². The van der Waals surface area contributed by atoms with Gasteiger partial charge in [0, 0.05) is 5.56 Å². The molecule has 0 aliphatic rings. The van der Waals surface area contributed by atoms with E-state index < -0.39 is 29.1 Å². The van der Waals surface area contributed by atoms with Gasteiger partial charge in [-0.2, -0.15) is 13.2 Å². The maximum absolute atomic E-state index is 14.2. The lowest BCUT2D eigenvalue weighted by atomic mass is 9.95. The Hall–Kier alpha value is -3.30. The zero-order valence-electron chi connectivity index (χ0n) is 19.9. The fourth-order valence-corrected chi connectivity index (χ4v) is 4.35. The molecule has 0 radical (unpaired) electrons. The molecule has 0 aliphatic carbocycles. The average Bonchev–Trinajstić information content (AvgIpc) is 2.85. The van der Waals surface area contributed by atoms with Crippen molar-refractivity contribution in [1.29, 1.82) is 0 Å². The topological polar surface area (TPSA) is 71.0 Å². The molecular formula is C27H26F3NO4S. The molecule has 9 heteroatoms. The van der Waals surface area contributed by atoms with Gasteiger partial charge >= 0.3 is 12.1 Å². The molecule has 0 aliphatic heterocycles. The maximum atomic E-state index is 14.2. The first-order valence-electron chi connectivity index (χ1n) is 11.3. The number of rotatable bonds is 10. The van der Waals surface area contributed by atoms with E-state index in [1.807, 2.05) is 13.0 Å². The fraction of sp³-hybridized carbons (Fsp3) is 0.259. The second-order valence-electron chi connectivity index (χ2n) is 7.93. The Kier molecular flexibility index (Phi) is 9.55. The van der Waals surface area contributed by atoms with E-state index in [0.717, 1.165) is 24.3 Å². The Morgan fingerprint density at radius 1 is 1.08 bits per heavy atom. The maximum Gasteiger partial charge on any atom is 0.417 e. The Morgan fingerprint density at radius 2 is 1.72 bits per heavy atom. The number of hydrogen-bond acceptors (Lipinski definition) is 5. The number of esters is 1. The van der Waals surface area contributed by atoms with Crippen molar-refractivity contribution in [2.45, 2.75) is 39.5 Å². The predicted molar refractivity (Wildman–Crippen MR) is 134 cm³/mol. The van der Waals surface area contributed by atoms with E-state index in [2.05, 4.69) is 4.40 Å². The van der Waals surface area contributed by atoms with E-state index in [9.17, 15) is 22.5 Å². The lowest BCUT2D eigenvalue weighted by Gasteiger charge is -2.20. The van der Waals surface area contributed by atoms with E-state index in [1.54, 1.807) is 42.5 Å². The molecule has 0 heterocycles.